The first kappa shape index (κ1) is 17.3. The van der Waals surface area contributed by atoms with E-state index >= 15 is 0 Å². The van der Waals surface area contributed by atoms with Crippen molar-refractivity contribution in [2.24, 2.45) is 0 Å². The van der Waals surface area contributed by atoms with E-state index in [1.54, 1.807) is 0 Å². The van der Waals surface area contributed by atoms with Crippen molar-refractivity contribution in [2.45, 2.75) is 6.42 Å². The Bertz CT molecular complexity index is 567. The second-order valence-corrected chi connectivity index (χ2v) is 5.65. The number of hydrogen-bond acceptors (Lipinski definition) is 1. The Kier molecular flexibility index (Phi) is 6.84. The zero-order valence-electron chi connectivity index (χ0n) is 11.6. The Morgan fingerprint density at radius 1 is 0.950 bits per heavy atom. The molecule has 1 nitrogen and oxygen atoms in total. The van der Waals surface area contributed by atoms with Gasteiger partial charge in [-0.25, -0.2) is 0 Å². The molecule has 20 heavy (non-hydrogen) atoms. The number of hydrogen-bond donors (Lipinski definition) is 0. The lowest BCUT2D eigenvalue weighted by Gasteiger charge is -2.13. The van der Waals surface area contributed by atoms with Crippen molar-refractivity contribution in [3.05, 3.63) is 58.1 Å². The SMILES string of the molecule is CN(C)CCc1ccccc1-c1ccc(Cl)c(Cl)c1.Cl. The lowest BCUT2D eigenvalue weighted by Crippen LogP contribution is -2.15. The fourth-order valence-electron chi connectivity index (χ4n) is 2.03. The van der Waals surface area contributed by atoms with E-state index in [9.17, 15) is 0 Å². The van der Waals surface area contributed by atoms with E-state index in [0.29, 0.717) is 10.0 Å². The molecule has 0 atom stereocenters. The fraction of sp³-hybridized carbons (Fsp3) is 0.250. The zero-order chi connectivity index (χ0) is 13.8. The number of benzene rings is 2. The van der Waals surface area contributed by atoms with Gasteiger partial charge in [0.15, 0.2) is 0 Å². The molecule has 0 aliphatic heterocycles. The van der Waals surface area contributed by atoms with Crippen LogP contribution in [0.3, 0.4) is 0 Å². The lowest BCUT2D eigenvalue weighted by molar-refractivity contribution is 0.414. The minimum atomic E-state index is 0. The van der Waals surface area contributed by atoms with Gasteiger partial charge in [-0.2, -0.15) is 0 Å². The van der Waals surface area contributed by atoms with Gasteiger partial charge >= 0.3 is 0 Å². The van der Waals surface area contributed by atoms with Gasteiger partial charge in [-0.05, 0) is 49.3 Å². The average Bonchev–Trinajstić information content (AvgIpc) is 2.40. The van der Waals surface area contributed by atoms with Gasteiger partial charge in [0, 0.05) is 6.54 Å². The van der Waals surface area contributed by atoms with E-state index < -0.39 is 0 Å². The highest BCUT2D eigenvalue weighted by molar-refractivity contribution is 6.42. The Balaban J connectivity index is 0.00000200. The summed E-state index contributed by atoms with van der Waals surface area (Å²) in [5, 5.41) is 1.19. The molecular weight excluding hydrogens is 313 g/mol. The normalized spacial score (nSPS) is 10.4. The van der Waals surface area contributed by atoms with Crippen LogP contribution in [0.4, 0.5) is 0 Å². The lowest BCUT2D eigenvalue weighted by atomic mass is 9.97. The van der Waals surface area contributed by atoms with E-state index in [0.717, 1.165) is 18.5 Å². The molecule has 0 aromatic heterocycles. The third-order valence-electron chi connectivity index (χ3n) is 3.08. The molecule has 0 N–H and O–H groups in total. The zero-order valence-corrected chi connectivity index (χ0v) is 13.9. The summed E-state index contributed by atoms with van der Waals surface area (Å²) in [6, 6.07) is 14.2. The van der Waals surface area contributed by atoms with Crippen molar-refractivity contribution in [3.8, 4) is 11.1 Å². The van der Waals surface area contributed by atoms with Crippen LogP contribution in [-0.2, 0) is 6.42 Å². The van der Waals surface area contributed by atoms with E-state index in [1.165, 1.54) is 11.1 Å². The molecule has 2 aromatic rings. The summed E-state index contributed by atoms with van der Waals surface area (Å²) in [7, 11) is 4.17. The third-order valence-corrected chi connectivity index (χ3v) is 3.82. The molecule has 0 aliphatic carbocycles. The van der Waals surface area contributed by atoms with Crippen LogP contribution in [0, 0.1) is 0 Å². The molecule has 0 radical (unpaired) electrons. The predicted molar refractivity (Wildman–Crippen MR) is 91.4 cm³/mol. The first-order valence-electron chi connectivity index (χ1n) is 6.26. The molecule has 0 amide bonds. The number of nitrogens with zero attached hydrogens (tertiary/aromatic N) is 1. The molecule has 0 fully saturated rings. The van der Waals surface area contributed by atoms with Crippen molar-refractivity contribution in [1.82, 2.24) is 4.90 Å². The molecule has 0 saturated heterocycles. The Morgan fingerprint density at radius 3 is 2.30 bits per heavy atom. The van der Waals surface area contributed by atoms with Gasteiger partial charge in [0.1, 0.15) is 0 Å². The van der Waals surface area contributed by atoms with Crippen molar-refractivity contribution < 1.29 is 0 Å². The van der Waals surface area contributed by atoms with Gasteiger partial charge in [-0.15, -0.1) is 12.4 Å². The van der Waals surface area contributed by atoms with E-state index in [2.05, 4.69) is 43.3 Å². The largest absolute Gasteiger partial charge is 0.309 e. The predicted octanol–water partition coefficient (Wildman–Crippen LogP) is 5.19. The monoisotopic (exact) mass is 329 g/mol. The molecular formula is C16H18Cl3N. The highest BCUT2D eigenvalue weighted by Crippen LogP contribution is 2.30. The summed E-state index contributed by atoms with van der Waals surface area (Å²) in [6.07, 6.45) is 1.02. The Morgan fingerprint density at radius 2 is 1.65 bits per heavy atom. The van der Waals surface area contributed by atoms with E-state index in [-0.39, 0.29) is 12.4 Å². The van der Waals surface area contributed by atoms with E-state index in [1.807, 2.05) is 18.2 Å². The van der Waals surface area contributed by atoms with Crippen LogP contribution < -0.4 is 0 Å². The standard InChI is InChI=1S/C16H17Cl2N.ClH/c1-19(2)10-9-12-5-3-4-6-14(12)13-7-8-15(17)16(18)11-13;/h3-8,11H,9-10H2,1-2H3;1H. The van der Waals surface area contributed by atoms with Crippen LogP contribution in [0.5, 0.6) is 0 Å². The topological polar surface area (TPSA) is 3.24 Å². The first-order valence-corrected chi connectivity index (χ1v) is 7.01. The fourth-order valence-corrected chi connectivity index (χ4v) is 2.33. The van der Waals surface area contributed by atoms with Crippen LogP contribution in [0.25, 0.3) is 11.1 Å². The summed E-state index contributed by atoms with van der Waals surface area (Å²) in [5.41, 5.74) is 3.67. The summed E-state index contributed by atoms with van der Waals surface area (Å²) < 4.78 is 0. The summed E-state index contributed by atoms with van der Waals surface area (Å²) in [5.74, 6) is 0. The van der Waals surface area contributed by atoms with E-state index in [4.69, 9.17) is 23.2 Å². The van der Waals surface area contributed by atoms with Crippen LogP contribution in [-0.4, -0.2) is 25.5 Å². The molecule has 108 valence electrons. The molecule has 0 heterocycles. The maximum Gasteiger partial charge on any atom is 0.0598 e. The Hall–Kier alpha value is -0.730. The van der Waals surface area contributed by atoms with Crippen molar-refractivity contribution >= 4 is 35.6 Å². The minimum absolute atomic E-state index is 0. The first-order chi connectivity index (χ1) is 9.08. The Labute approximate surface area is 136 Å². The molecule has 2 rings (SSSR count). The molecule has 0 saturated carbocycles. The van der Waals surface area contributed by atoms with Crippen LogP contribution >= 0.6 is 35.6 Å². The highest BCUT2D eigenvalue weighted by Gasteiger charge is 2.07. The third kappa shape index (κ3) is 4.39. The van der Waals surface area contributed by atoms with Crippen LogP contribution in [0.2, 0.25) is 10.0 Å². The summed E-state index contributed by atoms with van der Waals surface area (Å²) in [6.45, 7) is 1.03. The molecule has 0 spiro atoms. The van der Waals surface area contributed by atoms with Crippen LogP contribution in [0.15, 0.2) is 42.5 Å². The number of rotatable bonds is 4. The maximum atomic E-state index is 6.10. The number of halogens is 3. The summed E-state index contributed by atoms with van der Waals surface area (Å²) >= 11 is 12.1. The van der Waals surface area contributed by atoms with Gasteiger partial charge in [0.05, 0.1) is 10.0 Å². The molecule has 0 bridgehead atoms. The number of likely N-dealkylation sites (N-methyl/N-ethyl adjacent to an activating group) is 1. The minimum Gasteiger partial charge on any atom is -0.309 e. The van der Waals surface area contributed by atoms with Gasteiger partial charge in [-0.1, -0.05) is 53.5 Å². The highest BCUT2D eigenvalue weighted by atomic mass is 35.5. The van der Waals surface area contributed by atoms with Crippen molar-refractivity contribution in [2.75, 3.05) is 20.6 Å². The quantitative estimate of drug-likeness (QED) is 0.746. The van der Waals surface area contributed by atoms with Crippen molar-refractivity contribution in [3.63, 3.8) is 0 Å². The van der Waals surface area contributed by atoms with Crippen molar-refractivity contribution in [1.29, 1.82) is 0 Å². The van der Waals surface area contributed by atoms with Gasteiger partial charge in [0.2, 0.25) is 0 Å². The van der Waals surface area contributed by atoms with Gasteiger partial charge in [-0.3, -0.25) is 0 Å². The van der Waals surface area contributed by atoms with Crippen LogP contribution in [0.1, 0.15) is 5.56 Å². The second-order valence-electron chi connectivity index (χ2n) is 4.84. The molecule has 0 aliphatic rings. The average molecular weight is 331 g/mol. The second kappa shape index (κ2) is 7.90. The smallest absolute Gasteiger partial charge is 0.0598 e. The molecule has 4 heteroatoms. The maximum absolute atomic E-state index is 6.10. The molecule has 2 aromatic carbocycles. The van der Waals surface area contributed by atoms with Gasteiger partial charge in [0.25, 0.3) is 0 Å². The van der Waals surface area contributed by atoms with Gasteiger partial charge < -0.3 is 4.90 Å². The molecule has 0 unspecified atom stereocenters. The summed E-state index contributed by atoms with van der Waals surface area (Å²) in [4.78, 5) is 2.19.